The van der Waals surface area contributed by atoms with Gasteiger partial charge in [-0.3, -0.25) is 0 Å². The molecule has 74 valence electrons. The average Bonchev–Trinajstić information content (AvgIpc) is 2.34. The molecule has 1 aromatic rings. The molecule has 4 nitrogen and oxygen atoms in total. The van der Waals surface area contributed by atoms with Gasteiger partial charge in [0.25, 0.3) is 0 Å². The molecule has 1 aromatic heterocycles. The third-order valence-electron chi connectivity index (χ3n) is 1.55. The highest BCUT2D eigenvalue weighted by Gasteiger charge is 2.13. The number of aliphatic hydroxyl groups excluding tert-OH is 1. The van der Waals surface area contributed by atoms with Crippen LogP contribution in [0.15, 0.2) is 23.0 Å². The second-order valence-corrected chi connectivity index (χ2v) is 5.27. The van der Waals surface area contributed by atoms with Gasteiger partial charge < -0.3 is 9.52 Å². The molecular formula is C8H12O4S. The van der Waals surface area contributed by atoms with Gasteiger partial charge in [-0.25, -0.2) is 8.42 Å². The highest BCUT2D eigenvalue weighted by Crippen LogP contribution is 2.05. The van der Waals surface area contributed by atoms with E-state index in [0.717, 1.165) is 11.8 Å². The zero-order valence-corrected chi connectivity index (χ0v) is 8.12. The van der Waals surface area contributed by atoms with Crippen LogP contribution in [0, 0.1) is 0 Å². The minimum absolute atomic E-state index is 0.210. The quantitative estimate of drug-likeness (QED) is 0.762. The van der Waals surface area contributed by atoms with Gasteiger partial charge in [-0.15, -0.1) is 0 Å². The van der Waals surface area contributed by atoms with Crippen molar-refractivity contribution >= 4 is 9.84 Å². The Balaban J connectivity index is 2.47. The summed E-state index contributed by atoms with van der Waals surface area (Å²) in [6.07, 6.45) is 3.54. The van der Waals surface area contributed by atoms with Crippen molar-refractivity contribution in [3.8, 4) is 0 Å². The number of sulfone groups is 1. The van der Waals surface area contributed by atoms with Crippen LogP contribution in [0.25, 0.3) is 0 Å². The highest BCUT2D eigenvalue weighted by atomic mass is 32.2. The molecule has 0 saturated carbocycles. The number of hydrogen-bond donors (Lipinski definition) is 1. The van der Waals surface area contributed by atoms with Gasteiger partial charge in [-0.2, -0.15) is 0 Å². The Labute approximate surface area is 77.1 Å². The van der Waals surface area contributed by atoms with Gasteiger partial charge >= 0.3 is 0 Å². The maximum Gasteiger partial charge on any atom is 0.150 e. The molecule has 0 aliphatic heterocycles. The van der Waals surface area contributed by atoms with Crippen LogP contribution in [0.4, 0.5) is 0 Å². The number of furan rings is 1. The van der Waals surface area contributed by atoms with Gasteiger partial charge in [-0.1, -0.05) is 0 Å². The van der Waals surface area contributed by atoms with Gasteiger partial charge in [0, 0.05) is 12.7 Å². The monoisotopic (exact) mass is 204 g/mol. The predicted molar refractivity (Wildman–Crippen MR) is 48.1 cm³/mol. The molecule has 1 heterocycles. The van der Waals surface area contributed by atoms with E-state index in [-0.39, 0.29) is 5.75 Å². The van der Waals surface area contributed by atoms with Crippen LogP contribution in [-0.2, 0) is 16.3 Å². The van der Waals surface area contributed by atoms with Gasteiger partial charge in [0.2, 0.25) is 0 Å². The maximum absolute atomic E-state index is 10.8. The fourth-order valence-corrected chi connectivity index (χ4v) is 1.91. The van der Waals surface area contributed by atoms with Crippen molar-refractivity contribution in [3.05, 3.63) is 24.2 Å². The third kappa shape index (κ3) is 4.10. The molecule has 0 saturated heterocycles. The smallest absolute Gasteiger partial charge is 0.150 e. The van der Waals surface area contributed by atoms with Crippen LogP contribution in [0.1, 0.15) is 5.56 Å². The van der Waals surface area contributed by atoms with Gasteiger partial charge in [0.1, 0.15) is 9.84 Å². The van der Waals surface area contributed by atoms with Crippen LogP contribution < -0.4 is 0 Å². The van der Waals surface area contributed by atoms with Crippen molar-refractivity contribution in [1.29, 1.82) is 0 Å². The molecule has 1 unspecified atom stereocenters. The zero-order chi connectivity index (χ0) is 9.90. The lowest BCUT2D eigenvalue weighted by Crippen LogP contribution is -2.21. The van der Waals surface area contributed by atoms with Gasteiger partial charge in [-0.05, 0) is 11.6 Å². The first kappa shape index (κ1) is 10.3. The van der Waals surface area contributed by atoms with Crippen LogP contribution in [0.2, 0.25) is 0 Å². The fraction of sp³-hybridized carbons (Fsp3) is 0.500. The molecule has 0 fully saturated rings. The van der Waals surface area contributed by atoms with E-state index in [2.05, 4.69) is 0 Å². The van der Waals surface area contributed by atoms with E-state index in [1.54, 1.807) is 6.07 Å². The summed E-state index contributed by atoms with van der Waals surface area (Å²) < 4.78 is 26.4. The van der Waals surface area contributed by atoms with Crippen molar-refractivity contribution < 1.29 is 17.9 Å². The second kappa shape index (κ2) is 3.93. The topological polar surface area (TPSA) is 67.5 Å². The molecular weight excluding hydrogens is 192 g/mol. The molecule has 0 spiro atoms. The Kier molecular flexibility index (Phi) is 3.11. The molecule has 0 aliphatic carbocycles. The predicted octanol–water partition coefficient (Wildman–Crippen LogP) is 0.228. The lowest BCUT2D eigenvalue weighted by molar-refractivity contribution is 0.197. The minimum Gasteiger partial charge on any atom is -0.472 e. The van der Waals surface area contributed by atoms with Gasteiger partial charge in [0.05, 0.1) is 24.4 Å². The summed E-state index contributed by atoms with van der Waals surface area (Å²) in [5.74, 6) is -0.210. The number of hydrogen-bond acceptors (Lipinski definition) is 4. The summed E-state index contributed by atoms with van der Waals surface area (Å²) in [5, 5.41) is 9.34. The highest BCUT2D eigenvalue weighted by molar-refractivity contribution is 7.90. The molecule has 1 rings (SSSR count). The van der Waals surface area contributed by atoms with E-state index in [4.69, 9.17) is 4.42 Å². The first-order valence-electron chi connectivity index (χ1n) is 3.84. The Bertz CT molecular complexity index is 338. The van der Waals surface area contributed by atoms with E-state index in [9.17, 15) is 13.5 Å². The Hall–Kier alpha value is -0.810. The molecule has 0 aliphatic rings. The van der Waals surface area contributed by atoms with Crippen LogP contribution >= 0.6 is 0 Å². The molecule has 13 heavy (non-hydrogen) atoms. The van der Waals surface area contributed by atoms with E-state index in [1.807, 2.05) is 0 Å². The van der Waals surface area contributed by atoms with Crippen molar-refractivity contribution in [2.24, 2.45) is 0 Å². The van der Waals surface area contributed by atoms with Crippen molar-refractivity contribution in [3.63, 3.8) is 0 Å². The lowest BCUT2D eigenvalue weighted by atomic mass is 10.2. The van der Waals surface area contributed by atoms with Gasteiger partial charge in [0.15, 0.2) is 0 Å². The van der Waals surface area contributed by atoms with E-state index >= 15 is 0 Å². The SMILES string of the molecule is CS(=O)(=O)CC(O)Cc1ccoc1. The maximum atomic E-state index is 10.8. The van der Waals surface area contributed by atoms with E-state index < -0.39 is 15.9 Å². The molecule has 0 radical (unpaired) electrons. The van der Waals surface area contributed by atoms with E-state index in [1.165, 1.54) is 12.5 Å². The lowest BCUT2D eigenvalue weighted by Gasteiger charge is -2.06. The first-order chi connectivity index (χ1) is 5.97. The summed E-state index contributed by atoms with van der Waals surface area (Å²) >= 11 is 0. The third-order valence-corrected chi connectivity index (χ3v) is 2.54. The molecule has 0 amide bonds. The van der Waals surface area contributed by atoms with E-state index in [0.29, 0.717) is 6.42 Å². The summed E-state index contributed by atoms with van der Waals surface area (Å²) in [6, 6.07) is 1.70. The standard InChI is InChI=1S/C8H12O4S/c1-13(10,11)6-8(9)4-7-2-3-12-5-7/h2-3,5,8-9H,4,6H2,1H3. The summed E-state index contributed by atoms with van der Waals surface area (Å²) in [4.78, 5) is 0. The summed E-state index contributed by atoms with van der Waals surface area (Å²) in [7, 11) is -3.11. The second-order valence-electron chi connectivity index (χ2n) is 3.08. The number of aliphatic hydroxyl groups is 1. The minimum atomic E-state index is -3.11. The normalized spacial score (nSPS) is 14.3. The van der Waals surface area contributed by atoms with Crippen LogP contribution in [0.3, 0.4) is 0 Å². The van der Waals surface area contributed by atoms with Crippen molar-refractivity contribution in [1.82, 2.24) is 0 Å². The largest absolute Gasteiger partial charge is 0.472 e. The zero-order valence-electron chi connectivity index (χ0n) is 7.30. The fourth-order valence-electron chi connectivity index (χ4n) is 1.09. The molecule has 5 heteroatoms. The number of rotatable bonds is 4. The Morgan fingerprint density at radius 3 is 2.77 bits per heavy atom. The van der Waals surface area contributed by atoms with Crippen molar-refractivity contribution in [2.75, 3.05) is 12.0 Å². The van der Waals surface area contributed by atoms with Crippen LogP contribution in [0.5, 0.6) is 0 Å². The Morgan fingerprint density at radius 2 is 2.31 bits per heavy atom. The Morgan fingerprint density at radius 1 is 1.62 bits per heavy atom. The molecule has 0 aromatic carbocycles. The average molecular weight is 204 g/mol. The molecule has 1 N–H and O–H groups in total. The summed E-state index contributed by atoms with van der Waals surface area (Å²) in [5.41, 5.74) is 0.802. The molecule has 0 bridgehead atoms. The first-order valence-corrected chi connectivity index (χ1v) is 5.90. The summed E-state index contributed by atoms with van der Waals surface area (Å²) in [6.45, 7) is 0. The van der Waals surface area contributed by atoms with Crippen LogP contribution in [-0.4, -0.2) is 31.6 Å². The van der Waals surface area contributed by atoms with Crippen molar-refractivity contribution in [2.45, 2.75) is 12.5 Å². The molecule has 1 atom stereocenters.